The number of rotatable bonds is 7. The van der Waals surface area contributed by atoms with Gasteiger partial charge in [-0.15, -0.1) is 0 Å². The molecule has 1 saturated carbocycles. The molecule has 212 valence electrons. The number of phenolic OH excluding ortho intramolecular Hbond substituents is 1. The standard InChI is InChI=1S/C27H35FN4O7/c1-11(9-28)30-10-13-8-16(31(2)3)14-6-12-7-15-20(32(4)5)23(35)19(26(29)38)25(37)27(15,39)24(36)17(12)22(34)18(14)21(13)33/h8,11-12,15,20,30,33-34,37,39H,6-7,9-10H2,1-5H3,(H2,29,38)/t11?,12-,15-,20?,27-/m1/s1. The summed E-state index contributed by atoms with van der Waals surface area (Å²) >= 11 is 0. The van der Waals surface area contributed by atoms with E-state index in [9.17, 15) is 39.2 Å². The molecule has 11 nitrogen and oxygen atoms in total. The monoisotopic (exact) mass is 546 g/mol. The zero-order valence-electron chi connectivity index (χ0n) is 22.6. The summed E-state index contributed by atoms with van der Waals surface area (Å²) in [6.45, 7) is 1.09. The van der Waals surface area contributed by atoms with E-state index in [0.29, 0.717) is 16.8 Å². The zero-order chi connectivity index (χ0) is 29.1. The van der Waals surface area contributed by atoms with Crippen LogP contribution in [0.15, 0.2) is 23.0 Å². The third-order valence-corrected chi connectivity index (χ3v) is 8.13. The van der Waals surface area contributed by atoms with E-state index in [1.54, 1.807) is 46.1 Å². The van der Waals surface area contributed by atoms with Gasteiger partial charge in [-0.25, -0.2) is 4.39 Å². The summed E-state index contributed by atoms with van der Waals surface area (Å²) in [4.78, 5) is 42.5. The van der Waals surface area contributed by atoms with Gasteiger partial charge in [-0.3, -0.25) is 19.3 Å². The largest absolute Gasteiger partial charge is 0.508 e. The van der Waals surface area contributed by atoms with E-state index in [1.165, 1.54) is 4.90 Å². The molecule has 1 fully saturated rings. The number of alkyl halides is 1. The predicted molar refractivity (Wildman–Crippen MR) is 141 cm³/mol. The van der Waals surface area contributed by atoms with E-state index in [2.05, 4.69) is 5.32 Å². The maximum absolute atomic E-state index is 14.0. The molecule has 0 heterocycles. The van der Waals surface area contributed by atoms with Crippen molar-refractivity contribution in [2.75, 3.05) is 39.8 Å². The maximum atomic E-state index is 14.0. The highest BCUT2D eigenvalue weighted by atomic mass is 19.1. The highest BCUT2D eigenvalue weighted by Crippen LogP contribution is 2.54. The average Bonchev–Trinajstić information content (AvgIpc) is 2.84. The number of nitrogens with zero attached hydrogens (tertiary/aromatic N) is 2. The average molecular weight is 547 g/mol. The number of Topliss-reactive ketones (excluding diaryl/α,β-unsaturated/α-hetero) is 2. The van der Waals surface area contributed by atoms with Crippen LogP contribution in [-0.4, -0.2) is 95.3 Å². The number of hydrogen-bond acceptors (Lipinski definition) is 10. The lowest BCUT2D eigenvalue weighted by Crippen LogP contribution is -2.65. The molecule has 1 amide bonds. The molecule has 0 aromatic heterocycles. The molecular formula is C27H35FN4O7. The molecule has 3 aliphatic rings. The third-order valence-electron chi connectivity index (χ3n) is 8.13. The number of ketones is 2. The molecule has 5 atom stereocenters. The summed E-state index contributed by atoms with van der Waals surface area (Å²) in [6.07, 6.45) is 0.195. The second-order valence-electron chi connectivity index (χ2n) is 11.0. The third kappa shape index (κ3) is 4.17. The highest BCUT2D eigenvalue weighted by Gasteiger charge is 2.64. The second-order valence-corrected chi connectivity index (χ2v) is 11.0. The molecule has 0 radical (unpaired) electrons. The van der Waals surface area contributed by atoms with Gasteiger partial charge in [-0.05, 0) is 51.4 Å². The maximum Gasteiger partial charge on any atom is 0.255 e. The van der Waals surface area contributed by atoms with Crippen LogP contribution in [0, 0.1) is 11.8 Å². The van der Waals surface area contributed by atoms with Gasteiger partial charge in [0, 0.05) is 49.4 Å². The first-order chi connectivity index (χ1) is 18.2. The number of carbonyl (C=O) groups is 3. The van der Waals surface area contributed by atoms with Crippen LogP contribution in [0.3, 0.4) is 0 Å². The Morgan fingerprint density at radius 2 is 1.87 bits per heavy atom. The van der Waals surface area contributed by atoms with E-state index in [0.717, 1.165) is 0 Å². The van der Waals surface area contributed by atoms with Crippen molar-refractivity contribution < 1.29 is 39.2 Å². The number of primary amides is 1. The van der Waals surface area contributed by atoms with Crippen molar-refractivity contribution in [2.24, 2.45) is 17.6 Å². The molecular weight excluding hydrogens is 511 g/mol. The van der Waals surface area contributed by atoms with Crippen LogP contribution in [0.4, 0.5) is 10.1 Å². The fourth-order valence-electron chi connectivity index (χ4n) is 6.22. The number of benzene rings is 1. The number of amides is 1. The van der Waals surface area contributed by atoms with E-state index in [4.69, 9.17) is 5.73 Å². The van der Waals surface area contributed by atoms with Crippen molar-refractivity contribution in [3.8, 4) is 5.75 Å². The minimum Gasteiger partial charge on any atom is -0.508 e. The van der Waals surface area contributed by atoms with Gasteiger partial charge in [-0.1, -0.05) is 0 Å². The second kappa shape index (κ2) is 9.92. The summed E-state index contributed by atoms with van der Waals surface area (Å²) in [5, 5.41) is 48.3. The van der Waals surface area contributed by atoms with E-state index >= 15 is 0 Å². The van der Waals surface area contributed by atoms with Crippen LogP contribution in [0.2, 0.25) is 0 Å². The number of fused-ring (bicyclic) bond motifs is 3. The lowest BCUT2D eigenvalue weighted by atomic mass is 9.57. The minimum absolute atomic E-state index is 0.00203. The molecule has 0 bridgehead atoms. The molecule has 1 aromatic carbocycles. The number of hydrogen-bond donors (Lipinski definition) is 6. The first-order valence-corrected chi connectivity index (χ1v) is 12.7. The normalized spacial score (nSPS) is 27.3. The number of carbonyl (C=O) groups excluding carboxylic acids is 3. The number of nitrogens with two attached hydrogens (primary N) is 1. The van der Waals surface area contributed by atoms with Crippen LogP contribution in [-0.2, 0) is 27.3 Å². The molecule has 0 spiro atoms. The van der Waals surface area contributed by atoms with Crippen LogP contribution in [0.1, 0.15) is 30.0 Å². The summed E-state index contributed by atoms with van der Waals surface area (Å²) in [7, 11) is 6.67. The van der Waals surface area contributed by atoms with Crippen LogP contribution < -0.4 is 16.0 Å². The van der Waals surface area contributed by atoms with Gasteiger partial charge < -0.3 is 36.4 Å². The molecule has 12 heteroatoms. The smallest absolute Gasteiger partial charge is 0.255 e. The fourth-order valence-corrected chi connectivity index (χ4v) is 6.22. The molecule has 1 aromatic rings. The Balaban J connectivity index is 1.94. The van der Waals surface area contributed by atoms with Crippen LogP contribution in [0.25, 0.3) is 5.76 Å². The summed E-state index contributed by atoms with van der Waals surface area (Å²) in [6, 6.07) is 0.0971. The number of aromatic hydroxyl groups is 1. The van der Waals surface area contributed by atoms with Gasteiger partial charge in [0.2, 0.25) is 5.78 Å². The molecule has 3 aliphatic carbocycles. The Kier molecular flexibility index (Phi) is 7.26. The SMILES string of the molecule is CC(CF)NCc1cc(N(C)C)c2c(c1O)C(O)=C1C(=O)[C@@]3(O)C(O)=C(C(N)=O)C(=O)C(N(C)C)[C@H]3C[C@H]1C2. The Labute approximate surface area is 225 Å². The van der Waals surface area contributed by atoms with Crippen molar-refractivity contribution in [2.45, 2.75) is 44.0 Å². The van der Waals surface area contributed by atoms with Crippen molar-refractivity contribution in [1.29, 1.82) is 0 Å². The Hall–Kier alpha value is -3.48. The molecule has 4 rings (SSSR count). The summed E-state index contributed by atoms with van der Waals surface area (Å²) < 4.78 is 13.0. The fraction of sp³-hybridized carbons (Fsp3) is 0.519. The van der Waals surface area contributed by atoms with Crippen LogP contribution in [0.5, 0.6) is 5.75 Å². The Morgan fingerprint density at radius 1 is 1.23 bits per heavy atom. The quantitative estimate of drug-likeness (QED) is 0.264. The van der Waals surface area contributed by atoms with Gasteiger partial charge >= 0.3 is 0 Å². The number of likely N-dealkylation sites (N-methyl/N-ethyl adjacent to an activating group) is 1. The molecule has 0 saturated heterocycles. The van der Waals surface area contributed by atoms with Gasteiger partial charge in [0.25, 0.3) is 5.91 Å². The van der Waals surface area contributed by atoms with Crippen molar-refractivity contribution >= 4 is 28.9 Å². The van der Waals surface area contributed by atoms with Gasteiger partial charge in [0.15, 0.2) is 11.4 Å². The van der Waals surface area contributed by atoms with Gasteiger partial charge in [0.1, 0.15) is 29.5 Å². The lowest BCUT2D eigenvalue weighted by Gasteiger charge is -2.50. The first kappa shape index (κ1) is 28.5. The molecule has 2 unspecified atom stereocenters. The number of phenols is 1. The number of aliphatic hydroxyl groups is 3. The number of halogens is 1. The first-order valence-electron chi connectivity index (χ1n) is 12.7. The number of anilines is 1. The number of aliphatic hydroxyl groups excluding tert-OH is 2. The van der Waals surface area contributed by atoms with Crippen molar-refractivity contribution in [1.82, 2.24) is 10.2 Å². The molecule has 7 N–H and O–H groups in total. The predicted octanol–water partition coefficient (Wildman–Crippen LogP) is 0.478. The van der Waals surface area contributed by atoms with Crippen molar-refractivity contribution in [3.05, 3.63) is 39.7 Å². The van der Waals surface area contributed by atoms with E-state index < -0.39 is 70.8 Å². The Bertz CT molecular complexity index is 1320. The Morgan fingerprint density at radius 3 is 2.41 bits per heavy atom. The van der Waals surface area contributed by atoms with Crippen LogP contribution >= 0.6 is 0 Å². The molecule has 39 heavy (non-hydrogen) atoms. The van der Waals surface area contributed by atoms with Gasteiger partial charge in [0.05, 0.1) is 11.6 Å². The van der Waals surface area contributed by atoms with Gasteiger partial charge in [-0.2, -0.15) is 0 Å². The number of nitrogens with one attached hydrogen (secondary N) is 1. The summed E-state index contributed by atoms with van der Waals surface area (Å²) in [5.41, 5.74) is 3.17. The minimum atomic E-state index is -2.69. The lowest BCUT2D eigenvalue weighted by molar-refractivity contribution is -0.153. The van der Waals surface area contributed by atoms with Crippen molar-refractivity contribution in [3.63, 3.8) is 0 Å². The highest BCUT2D eigenvalue weighted by molar-refractivity contribution is 6.24. The van der Waals surface area contributed by atoms with E-state index in [1.807, 2.05) is 0 Å². The zero-order valence-corrected chi connectivity index (χ0v) is 22.6. The topological polar surface area (TPSA) is 177 Å². The molecule has 0 aliphatic heterocycles. The van der Waals surface area contributed by atoms with E-state index in [-0.39, 0.29) is 36.3 Å². The summed E-state index contributed by atoms with van der Waals surface area (Å²) in [5.74, 6) is -6.95.